The van der Waals surface area contributed by atoms with Gasteiger partial charge in [0.2, 0.25) is 0 Å². The Morgan fingerprint density at radius 2 is 2.31 bits per heavy atom. The zero-order valence-electron chi connectivity index (χ0n) is 7.10. The molecule has 1 saturated heterocycles. The first-order chi connectivity index (χ1) is 6.38. The second-order valence-electron chi connectivity index (χ2n) is 2.95. The maximum atomic E-state index is 8.72. The molecule has 1 aliphatic heterocycles. The van der Waals surface area contributed by atoms with E-state index in [1.807, 2.05) is 0 Å². The van der Waals surface area contributed by atoms with E-state index < -0.39 is 0 Å². The molecule has 2 rings (SSSR count). The molecule has 70 valence electrons. The first kappa shape index (κ1) is 8.40. The molecule has 0 atom stereocenters. The lowest BCUT2D eigenvalue weighted by Gasteiger charge is -2.26. The molecule has 5 heteroatoms. The third-order valence-electron chi connectivity index (χ3n) is 1.87. The van der Waals surface area contributed by atoms with Crippen molar-refractivity contribution in [1.82, 2.24) is 10.2 Å². The van der Waals surface area contributed by atoms with Crippen molar-refractivity contribution in [2.45, 2.75) is 12.6 Å². The number of hydrogen-bond donors (Lipinski definition) is 2. The summed E-state index contributed by atoms with van der Waals surface area (Å²) in [7, 11) is 0. The maximum Gasteiger partial charge on any atom is 0.149 e. The van der Waals surface area contributed by atoms with E-state index in [4.69, 9.17) is 9.84 Å². The highest BCUT2D eigenvalue weighted by Gasteiger charge is 2.17. The molecule has 0 aliphatic carbocycles. The van der Waals surface area contributed by atoms with Crippen molar-refractivity contribution in [2.24, 2.45) is 0 Å². The zero-order chi connectivity index (χ0) is 9.10. The molecule has 1 fully saturated rings. The van der Waals surface area contributed by atoms with Crippen LogP contribution >= 0.6 is 0 Å². The fourth-order valence-corrected chi connectivity index (χ4v) is 1.05. The second kappa shape index (κ2) is 3.68. The lowest BCUT2D eigenvalue weighted by molar-refractivity contribution is 0.0209. The third-order valence-corrected chi connectivity index (χ3v) is 1.87. The molecule has 13 heavy (non-hydrogen) atoms. The minimum absolute atomic E-state index is 0.0696. The van der Waals surface area contributed by atoms with Gasteiger partial charge >= 0.3 is 0 Å². The van der Waals surface area contributed by atoms with E-state index in [0.717, 1.165) is 19.0 Å². The molecule has 0 amide bonds. The Labute approximate surface area is 75.8 Å². The van der Waals surface area contributed by atoms with E-state index in [9.17, 15) is 0 Å². The third kappa shape index (κ3) is 1.93. The molecular weight excluding hydrogens is 170 g/mol. The van der Waals surface area contributed by atoms with Crippen LogP contribution in [0.4, 0.5) is 5.82 Å². The second-order valence-corrected chi connectivity index (χ2v) is 2.95. The number of rotatable bonds is 3. The van der Waals surface area contributed by atoms with E-state index in [-0.39, 0.29) is 6.61 Å². The van der Waals surface area contributed by atoms with Crippen LogP contribution in [-0.4, -0.2) is 34.6 Å². The zero-order valence-corrected chi connectivity index (χ0v) is 7.10. The van der Waals surface area contributed by atoms with Crippen molar-refractivity contribution < 1.29 is 9.84 Å². The van der Waals surface area contributed by atoms with Crippen LogP contribution in [0, 0.1) is 0 Å². The first-order valence-electron chi connectivity index (χ1n) is 4.16. The van der Waals surface area contributed by atoms with Gasteiger partial charge in [-0.1, -0.05) is 0 Å². The molecule has 2 N–H and O–H groups in total. The molecule has 1 aliphatic rings. The van der Waals surface area contributed by atoms with E-state index in [1.165, 1.54) is 0 Å². The maximum absolute atomic E-state index is 8.72. The van der Waals surface area contributed by atoms with Gasteiger partial charge in [0.05, 0.1) is 31.6 Å². The quantitative estimate of drug-likeness (QED) is 0.674. The average molecular weight is 181 g/mol. The number of hydrogen-bond acceptors (Lipinski definition) is 5. The SMILES string of the molecule is OCc1ccc(NC2COC2)nn1. The summed E-state index contributed by atoms with van der Waals surface area (Å²) in [6, 6.07) is 3.90. The lowest BCUT2D eigenvalue weighted by Crippen LogP contribution is -2.40. The number of aliphatic hydroxyl groups is 1. The predicted octanol–water partition coefficient (Wildman–Crippen LogP) is -0.220. The van der Waals surface area contributed by atoms with Crippen molar-refractivity contribution in [3.63, 3.8) is 0 Å². The molecular formula is C8H11N3O2. The topological polar surface area (TPSA) is 67.3 Å². The van der Waals surface area contributed by atoms with Crippen LogP contribution in [-0.2, 0) is 11.3 Å². The summed E-state index contributed by atoms with van der Waals surface area (Å²) in [5, 5.41) is 19.6. The molecule has 0 unspecified atom stereocenters. The fourth-order valence-electron chi connectivity index (χ4n) is 1.05. The van der Waals surface area contributed by atoms with Gasteiger partial charge in [0.1, 0.15) is 5.82 Å². The van der Waals surface area contributed by atoms with Crippen molar-refractivity contribution in [1.29, 1.82) is 0 Å². The van der Waals surface area contributed by atoms with Gasteiger partial charge < -0.3 is 15.2 Å². The van der Waals surface area contributed by atoms with Crippen molar-refractivity contribution in [2.75, 3.05) is 18.5 Å². The highest BCUT2D eigenvalue weighted by molar-refractivity contribution is 5.34. The summed E-state index contributed by atoms with van der Waals surface area (Å²) >= 11 is 0. The first-order valence-corrected chi connectivity index (χ1v) is 4.16. The summed E-state index contributed by atoms with van der Waals surface area (Å²) in [6.07, 6.45) is 0. The summed E-state index contributed by atoms with van der Waals surface area (Å²) in [6.45, 7) is 1.38. The largest absolute Gasteiger partial charge is 0.390 e. The molecule has 0 radical (unpaired) electrons. The smallest absolute Gasteiger partial charge is 0.149 e. The van der Waals surface area contributed by atoms with E-state index in [1.54, 1.807) is 12.1 Å². The average Bonchev–Trinajstić information content (AvgIpc) is 2.12. The van der Waals surface area contributed by atoms with Crippen LogP contribution in [0.2, 0.25) is 0 Å². The molecule has 1 aromatic rings. The van der Waals surface area contributed by atoms with Crippen LogP contribution < -0.4 is 5.32 Å². The van der Waals surface area contributed by atoms with Gasteiger partial charge in [-0.2, -0.15) is 5.10 Å². The molecule has 0 saturated carbocycles. The van der Waals surface area contributed by atoms with Crippen LogP contribution in [0.3, 0.4) is 0 Å². The Balaban J connectivity index is 1.96. The summed E-state index contributed by atoms with van der Waals surface area (Å²) in [4.78, 5) is 0. The molecule has 5 nitrogen and oxygen atoms in total. The molecule has 2 heterocycles. The number of nitrogens with one attached hydrogen (secondary N) is 1. The minimum Gasteiger partial charge on any atom is -0.390 e. The number of aliphatic hydroxyl groups excluding tert-OH is 1. The molecule has 0 spiro atoms. The Hall–Kier alpha value is -1.20. The normalized spacial score (nSPS) is 16.7. The van der Waals surface area contributed by atoms with Crippen molar-refractivity contribution >= 4 is 5.82 Å². The van der Waals surface area contributed by atoms with Gasteiger partial charge in [-0.15, -0.1) is 5.10 Å². The van der Waals surface area contributed by atoms with Gasteiger partial charge in [-0.25, -0.2) is 0 Å². The van der Waals surface area contributed by atoms with E-state index >= 15 is 0 Å². The Morgan fingerprint density at radius 3 is 2.77 bits per heavy atom. The monoisotopic (exact) mass is 181 g/mol. The fraction of sp³-hybridized carbons (Fsp3) is 0.500. The van der Waals surface area contributed by atoms with Gasteiger partial charge in [-0.05, 0) is 12.1 Å². The number of aromatic nitrogens is 2. The summed E-state index contributed by atoms with van der Waals surface area (Å²) in [5.41, 5.74) is 0.579. The molecule has 1 aromatic heterocycles. The van der Waals surface area contributed by atoms with Crippen molar-refractivity contribution in [3.8, 4) is 0 Å². The Kier molecular flexibility index (Phi) is 2.37. The van der Waals surface area contributed by atoms with E-state index in [2.05, 4.69) is 15.5 Å². The Morgan fingerprint density at radius 1 is 1.46 bits per heavy atom. The van der Waals surface area contributed by atoms with E-state index in [0.29, 0.717) is 11.7 Å². The van der Waals surface area contributed by atoms with Gasteiger partial charge in [-0.3, -0.25) is 0 Å². The molecule has 0 aromatic carbocycles. The Bertz CT molecular complexity index is 271. The van der Waals surface area contributed by atoms with Crippen molar-refractivity contribution in [3.05, 3.63) is 17.8 Å². The lowest BCUT2D eigenvalue weighted by atomic mass is 10.2. The standard InChI is InChI=1S/C8H11N3O2/c12-3-6-1-2-8(11-10-6)9-7-4-13-5-7/h1-2,7,12H,3-5H2,(H,9,11). The summed E-state index contributed by atoms with van der Waals surface area (Å²) in [5.74, 6) is 0.727. The number of ether oxygens (including phenoxy) is 1. The summed E-state index contributed by atoms with van der Waals surface area (Å²) < 4.78 is 5.00. The predicted molar refractivity (Wildman–Crippen MR) is 46.2 cm³/mol. The number of anilines is 1. The number of nitrogens with zero attached hydrogens (tertiary/aromatic N) is 2. The van der Waals surface area contributed by atoms with Crippen LogP contribution in [0.5, 0.6) is 0 Å². The van der Waals surface area contributed by atoms with Gasteiger partial charge in [0, 0.05) is 0 Å². The highest BCUT2D eigenvalue weighted by atomic mass is 16.5. The molecule has 0 bridgehead atoms. The highest BCUT2D eigenvalue weighted by Crippen LogP contribution is 2.08. The van der Waals surface area contributed by atoms with Crippen LogP contribution in [0.25, 0.3) is 0 Å². The van der Waals surface area contributed by atoms with Gasteiger partial charge in [0.25, 0.3) is 0 Å². The van der Waals surface area contributed by atoms with Crippen LogP contribution in [0.15, 0.2) is 12.1 Å². The minimum atomic E-state index is -0.0696. The van der Waals surface area contributed by atoms with Gasteiger partial charge in [0.15, 0.2) is 0 Å². The van der Waals surface area contributed by atoms with Crippen LogP contribution in [0.1, 0.15) is 5.69 Å².